The average molecular weight is 334 g/mol. The van der Waals surface area contributed by atoms with E-state index in [1.807, 2.05) is 4.90 Å². The molecular weight excluding hydrogens is 304 g/mol. The van der Waals surface area contributed by atoms with E-state index in [2.05, 4.69) is 19.1 Å². The van der Waals surface area contributed by atoms with Gasteiger partial charge in [-0.2, -0.15) is 0 Å². The van der Waals surface area contributed by atoms with Crippen molar-refractivity contribution in [2.75, 3.05) is 33.8 Å². The third-order valence-electron chi connectivity index (χ3n) is 5.95. The van der Waals surface area contributed by atoms with Crippen molar-refractivity contribution in [1.82, 2.24) is 9.80 Å². The van der Waals surface area contributed by atoms with Crippen LogP contribution in [-0.4, -0.2) is 61.5 Å². The lowest BCUT2D eigenvalue weighted by molar-refractivity contribution is -0.155. The Morgan fingerprint density at radius 3 is 2.75 bits per heavy atom. The van der Waals surface area contributed by atoms with Crippen molar-refractivity contribution >= 4 is 11.8 Å². The number of carbonyl (C=O) groups excluding carboxylic acids is 2. The molecule has 2 aliphatic heterocycles. The molecule has 0 radical (unpaired) electrons. The first-order valence-electron chi connectivity index (χ1n) is 9.18. The van der Waals surface area contributed by atoms with Crippen LogP contribution in [0.5, 0.6) is 0 Å². The van der Waals surface area contributed by atoms with Crippen molar-refractivity contribution in [1.29, 1.82) is 0 Å². The first kappa shape index (κ1) is 17.5. The summed E-state index contributed by atoms with van der Waals surface area (Å²) in [6.07, 6.45) is 9.02. The number of allylic oxidation sites excluding steroid dienone is 2. The van der Waals surface area contributed by atoms with Crippen LogP contribution in [0.2, 0.25) is 0 Å². The average Bonchev–Trinajstić information content (AvgIpc) is 2.60. The number of hydrogen-bond acceptors (Lipinski definition) is 3. The summed E-state index contributed by atoms with van der Waals surface area (Å²) in [5.74, 6) is 0.644. The van der Waals surface area contributed by atoms with Gasteiger partial charge in [0.2, 0.25) is 11.8 Å². The Balaban J connectivity index is 1.64. The van der Waals surface area contributed by atoms with Gasteiger partial charge in [0.25, 0.3) is 0 Å². The van der Waals surface area contributed by atoms with Crippen LogP contribution < -0.4 is 0 Å². The molecule has 1 aliphatic carbocycles. The number of rotatable bonds is 2. The molecular formula is C19H30N2O3. The van der Waals surface area contributed by atoms with Crippen molar-refractivity contribution in [3.05, 3.63) is 12.2 Å². The van der Waals surface area contributed by atoms with E-state index in [1.165, 1.54) is 0 Å². The quantitative estimate of drug-likeness (QED) is 0.727. The summed E-state index contributed by atoms with van der Waals surface area (Å²) in [5, 5.41) is 0. The lowest BCUT2D eigenvalue weighted by Crippen LogP contribution is -2.54. The van der Waals surface area contributed by atoms with Crippen molar-refractivity contribution in [2.24, 2.45) is 17.3 Å². The topological polar surface area (TPSA) is 49.9 Å². The van der Waals surface area contributed by atoms with E-state index >= 15 is 0 Å². The number of carbonyl (C=O) groups is 2. The van der Waals surface area contributed by atoms with Crippen molar-refractivity contribution < 1.29 is 14.3 Å². The summed E-state index contributed by atoms with van der Waals surface area (Å²) < 4.78 is 5.97. The predicted octanol–water partition coefficient (Wildman–Crippen LogP) is 2.07. The van der Waals surface area contributed by atoms with Gasteiger partial charge in [-0.25, -0.2) is 0 Å². The maximum atomic E-state index is 13.0. The maximum Gasteiger partial charge on any atom is 0.228 e. The smallest absolute Gasteiger partial charge is 0.228 e. The summed E-state index contributed by atoms with van der Waals surface area (Å²) in [6, 6.07) is 0. The summed E-state index contributed by atoms with van der Waals surface area (Å²) in [6.45, 7) is 4.14. The van der Waals surface area contributed by atoms with Gasteiger partial charge in [0, 0.05) is 33.1 Å². The monoisotopic (exact) mass is 334 g/mol. The van der Waals surface area contributed by atoms with Gasteiger partial charge in [-0.1, -0.05) is 19.1 Å². The van der Waals surface area contributed by atoms with E-state index < -0.39 is 0 Å². The molecule has 1 unspecified atom stereocenters. The van der Waals surface area contributed by atoms with Crippen LogP contribution in [0.4, 0.5) is 0 Å². The normalized spacial score (nSPS) is 36.1. The number of hydrogen-bond donors (Lipinski definition) is 0. The largest absolute Gasteiger partial charge is 0.377 e. The van der Waals surface area contributed by atoms with Gasteiger partial charge in [-0.15, -0.1) is 0 Å². The van der Waals surface area contributed by atoms with Crippen LogP contribution in [0.3, 0.4) is 0 Å². The van der Waals surface area contributed by atoms with Gasteiger partial charge in [0.1, 0.15) is 0 Å². The Hall–Kier alpha value is -1.36. The fourth-order valence-corrected chi connectivity index (χ4v) is 4.39. The van der Waals surface area contributed by atoms with Gasteiger partial charge in [-0.05, 0) is 32.1 Å². The van der Waals surface area contributed by atoms with Gasteiger partial charge >= 0.3 is 0 Å². The van der Waals surface area contributed by atoms with E-state index in [0.29, 0.717) is 6.61 Å². The molecule has 3 aliphatic rings. The van der Waals surface area contributed by atoms with E-state index in [-0.39, 0.29) is 35.2 Å². The highest BCUT2D eigenvalue weighted by Crippen LogP contribution is 2.37. The first-order valence-corrected chi connectivity index (χ1v) is 9.18. The summed E-state index contributed by atoms with van der Waals surface area (Å²) in [4.78, 5) is 29.0. The molecule has 0 saturated carbocycles. The highest BCUT2D eigenvalue weighted by Gasteiger charge is 2.43. The number of ether oxygens (including phenoxy) is 1. The third kappa shape index (κ3) is 3.37. The molecule has 0 bridgehead atoms. The highest BCUT2D eigenvalue weighted by molar-refractivity contribution is 5.83. The molecule has 2 fully saturated rings. The van der Waals surface area contributed by atoms with Gasteiger partial charge < -0.3 is 14.5 Å². The molecule has 2 amide bonds. The summed E-state index contributed by atoms with van der Waals surface area (Å²) >= 11 is 0. The molecule has 0 spiro atoms. The van der Waals surface area contributed by atoms with E-state index in [0.717, 1.165) is 45.2 Å². The lowest BCUT2D eigenvalue weighted by Gasteiger charge is -2.45. The molecule has 24 heavy (non-hydrogen) atoms. The molecule has 3 rings (SSSR count). The maximum absolute atomic E-state index is 13.0. The van der Waals surface area contributed by atoms with E-state index in [9.17, 15) is 9.59 Å². The Morgan fingerprint density at radius 1 is 1.29 bits per heavy atom. The number of likely N-dealkylation sites (tertiary alicyclic amines) is 1. The molecule has 2 heterocycles. The van der Waals surface area contributed by atoms with Crippen molar-refractivity contribution in [3.63, 3.8) is 0 Å². The molecule has 4 atom stereocenters. The lowest BCUT2D eigenvalue weighted by atomic mass is 9.76. The number of piperidine rings is 1. The predicted molar refractivity (Wildman–Crippen MR) is 92.3 cm³/mol. The molecule has 5 heteroatoms. The summed E-state index contributed by atoms with van der Waals surface area (Å²) in [7, 11) is 3.59. The van der Waals surface area contributed by atoms with Gasteiger partial charge in [-0.3, -0.25) is 9.59 Å². The molecule has 0 aromatic heterocycles. The van der Waals surface area contributed by atoms with Crippen LogP contribution in [0.25, 0.3) is 0 Å². The van der Waals surface area contributed by atoms with Crippen molar-refractivity contribution in [3.8, 4) is 0 Å². The zero-order valence-corrected chi connectivity index (χ0v) is 15.2. The summed E-state index contributed by atoms with van der Waals surface area (Å²) in [5.41, 5.74) is -0.254. The van der Waals surface area contributed by atoms with Crippen LogP contribution in [0, 0.1) is 17.3 Å². The van der Waals surface area contributed by atoms with E-state index in [1.54, 1.807) is 19.0 Å². The Labute approximate surface area is 145 Å². The molecule has 134 valence electrons. The van der Waals surface area contributed by atoms with Crippen LogP contribution >= 0.6 is 0 Å². The zero-order valence-electron chi connectivity index (χ0n) is 15.2. The van der Waals surface area contributed by atoms with Gasteiger partial charge in [0.15, 0.2) is 0 Å². The molecule has 0 aromatic carbocycles. The van der Waals surface area contributed by atoms with Crippen LogP contribution in [0.15, 0.2) is 12.2 Å². The Bertz CT molecular complexity index is 531. The Kier molecular flexibility index (Phi) is 5.00. The number of amides is 2. The van der Waals surface area contributed by atoms with Crippen LogP contribution in [0.1, 0.15) is 39.0 Å². The Morgan fingerprint density at radius 2 is 2.08 bits per heavy atom. The molecule has 2 saturated heterocycles. The van der Waals surface area contributed by atoms with E-state index in [4.69, 9.17) is 4.74 Å². The fraction of sp³-hybridized carbons (Fsp3) is 0.789. The van der Waals surface area contributed by atoms with Crippen LogP contribution in [-0.2, 0) is 14.3 Å². The minimum absolute atomic E-state index is 0.0653. The highest BCUT2D eigenvalue weighted by atomic mass is 16.5. The minimum atomic E-state index is -0.254. The second-order valence-corrected chi connectivity index (χ2v) is 8.11. The zero-order chi connectivity index (χ0) is 17.3. The van der Waals surface area contributed by atoms with Gasteiger partial charge in [0.05, 0.1) is 24.0 Å². The third-order valence-corrected chi connectivity index (χ3v) is 5.95. The fourth-order valence-electron chi connectivity index (χ4n) is 4.39. The first-order chi connectivity index (χ1) is 11.4. The molecule has 0 N–H and O–H groups in total. The SMILES string of the molecule is CN(C)C(=O)[C@@H]1CO[C@@H]2CCN(C(=O)C3(C)CC=CCC3)C[C@@H]2C1. The minimum Gasteiger partial charge on any atom is -0.377 e. The molecule has 5 nitrogen and oxygen atoms in total. The standard InChI is InChI=1S/C19H30N2O3/c1-19(8-5-4-6-9-19)18(23)21-10-7-16-14(12-21)11-15(13-24-16)17(22)20(2)3/h4-5,14-16H,6-13H2,1-3H3/t14-,15-,16+,19?/m0/s1. The number of nitrogens with zero attached hydrogens (tertiary/aromatic N) is 2. The molecule has 0 aromatic rings. The number of fused-ring (bicyclic) bond motifs is 1. The van der Waals surface area contributed by atoms with Crippen molar-refractivity contribution in [2.45, 2.75) is 45.1 Å². The second kappa shape index (κ2) is 6.87. The second-order valence-electron chi connectivity index (χ2n) is 8.11.